The van der Waals surface area contributed by atoms with Crippen molar-refractivity contribution >= 4 is 12.3 Å². The maximum atomic E-state index is 11.4. The van der Waals surface area contributed by atoms with E-state index in [0.29, 0.717) is 6.61 Å². The van der Waals surface area contributed by atoms with E-state index >= 15 is 0 Å². The lowest BCUT2D eigenvalue weighted by Crippen LogP contribution is -2.37. The predicted molar refractivity (Wildman–Crippen MR) is 51.8 cm³/mol. The van der Waals surface area contributed by atoms with Gasteiger partial charge in [-0.15, -0.1) is 0 Å². The predicted octanol–water partition coefficient (Wildman–Crippen LogP) is 0.507. The zero-order valence-corrected chi connectivity index (χ0v) is 8.49. The molecule has 0 bridgehead atoms. The molecule has 80 valence electrons. The Kier molecular flexibility index (Phi) is 4.59. The van der Waals surface area contributed by atoms with Crippen LogP contribution in [-0.4, -0.2) is 31.4 Å². The molecule has 0 radical (unpaired) electrons. The van der Waals surface area contributed by atoms with Crippen LogP contribution in [0, 0.1) is 5.92 Å². The summed E-state index contributed by atoms with van der Waals surface area (Å²) < 4.78 is 5.04. The van der Waals surface area contributed by atoms with Crippen LogP contribution < -0.4 is 5.32 Å². The molecule has 0 aromatic rings. The first-order valence-electron chi connectivity index (χ1n) is 5.15. The van der Waals surface area contributed by atoms with Crippen LogP contribution in [-0.2, 0) is 14.3 Å². The van der Waals surface area contributed by atoms with E-state index in [4.69, 9.17) is 4.74 Å². The van der Waals surface area contributed by atoms with Gasteiger partial charge in [-0.05, 0) is 19.4 Å². The van der Waals surface area contributed by atoms with Crippen molar-refractivity contribution < 1.29 is 14.3 Å². The first-order valence-corrected chi connectivity index (χ1v) is 5.15. The van der Waals surface area contributed by atoms with Gasteiger partial charge in [0.15, 0.2) is 0 Å². The molecule has 1 aliphatic heterocycles. The molecule has 1 aliphatic rings. The van der Waals surface area contributed by atoms with Gasteiger partial charge in [0.1, 0.15) is 12.3 Å². The van der Waals surface area contributed by atoms with Gasteiger partial charge in [-0.25, -0.2) is 0 Å². The van der Waals surface area contributed by atoms with Gasteiger partial charge in [-0.2, -0.15) is 0 Å². The Morgan fingerprint density at radius 1 is 1.64 bits per heavy atom. The van der Waals surface area contributed by atoms with Gasteiger partial charge < -0.3 is 14.8 Å². The van der Waals surface area contributed by atoms with Crippen LogP contribution in [0.15, 0.2) is 0 Å². The number of rotatable bonds is 5. The van der Waals surface area contributed by atoms with E-state index in [1.54, 1.807) is 0 Å². The fraction of sp³-hybridized carbons (Fsp3) is 0.800. The third kappa shape index (κ3) is 2.80. The van der Waals surface area contributed by atoms with Crippen molar-refractivity contribution in [1.29, 1.82) is 0 Å². The topological polar surface area (TPSA) is 55.4 Å². The van der Waals surface area contributed by atoms with E-state index in [9.17, 15) is 9.59 Å². The summed E-state index contributed by atoms with van der Waals surface area (Å²) in [6, 6.07) is -0.413. The molecule has 4 heteroatoms. The van der Waals surface area contributed by atoms with Gasteiger partial charge in [-0.1, -0.05) is 13.3 Å². The third-order valence-corrected chi connectivity index (χ3v) is 2.44. The average Bonchev–Trinajstić information content (AvgIpc) is 2.65. The molecule has 0 aromatic heterocycles. The maximum absolute atomic E-state index is 11.4. The quantitative estimate of drug-likeness (QED) is 0.398. The Hall–Kier alpha value is -0.900. The van der Waals surface area contributed by atoms with Gasteiger partial charge in [-0.3, -0.25) is 4.79 Å². The normalized spacial score (nSPS) is 26.1. The molecule has 2 atom stereocenters. The second-order valence-electron chi connectivity index (χ2n) is 3.54. The molecule has 1 rings (SSSR count). The summed E-state index contributed by atoms with van der Waals surface area (Å²) in [5, 5.41) is 2.98. The highest BCUT2D eigenvalue weighted by Gasteiger charge is 2.33. The standard InChI is InChI=1S/C10H17NO3/c1-2-3-6-14-10(13)9-8(7-12)4-5-11-9/h7-9,11H,2-6H2,1H3. The molecule has 0 aliphatic carbocycles. The van der Waals surface area contributed by atoms with Gasteiger partial charge in [0.05, 0.1) is 6.61 Å². The van der Waals surface area contributed by atoms with Crippen molar-refractivity contribution in [3.8, 4) is 0 Å². The molecule has 2 unspecified atom stereocenters. The van der Waals surface area contributed by atoms with Crippen molar-refractivity contribution in [1.82, 2.24) is 5.32 Å². The van der Waals surface area contributed by atoms with Crippen LogP contribution in [0.5, 0.6) is 0 Å². The number of carbonyl (C=O) groups is 2. The number of ether oxygens (including phenoxy) is 1. The number of hydrogen-bond donors (Lipinski definition) is 1. The summed E-state index contributed by atoms with van der Waals surface area (Å²) in [7, 11) is 0. The number of carbonyl (C=O) groups excluding carboxylic acids is 2. The molecule has 0 saturated carbocycles. The zero-order chi connectivity index (χ0) is 10.4. The van der Waals surface area contributed by atoms with E-state index < -0.39 is 6.04 Å². The molecule has 1 saturated heterocycles. The average molecular weight is 199 g/mol. The molecular weight excluding hydrogens is 182 g/mol. The van der Waals surface area contributed by atoms with E-state index in [1.165, 1.54) is 0 Å². The monoisotopic (exact) mass is 199 g/mol. The van der Waals surface area contributed by atoms with E-state index in [0.717, 1.165) is 32.1 Å². The molecule has 14 heavy (non-hydrogen) atoms. The van der Waals surface area contributed by atoms with E-state index in [1.807, 2.05) is 6.92 Å². The lowest BCUT2D eigenvalue weighted by atomic mass is 10.0. The van der Waals surface area contributed by atoms with Crippen LogP contribution in [0.25, 0.3) is 0 Å². The lowest BCUT2D eigenvalue weighted by molar-refractivity contribution is -0.147. The number of hydrogen-bond acceptors (Lipinski definition) is 4. The van der Waals surface area contributed by atoms with E-state index in [2.05, 4.69) is 5.32 Å². The minimum atomic E-state index is -0.413. The van der Waals surface area contributed by atoms with Crippen LogP contribution in [0.1, 0.15) is 26.2 Å². The molecule has 4 nitrogen and oxygen atoms in total. The highest BCUT2D eigenvalue weighted by atomic mass is 16.5. The van der Waals surface area contributed by atoms with Crippen molar-refractivity contribution in [2.24, 2.45) is 5.92 Å². The Morgan fingerprint density at radius 3 is 3.07 bits per heavy atom. The van der Waals surface area contributed by atoms with Gasteiger partial charge in [0.2, 0.25) is 0 Å². The van der Waals surface area contributed by atoms with Crippen LogP contribution >= 0.6 is 0 Å². The van der Waals surface area contributed by atoms with Gasteiger partial charge >= 0.3 is 5.97 Å². The lowest BCUT2D eigenvalue weighted by Gasteiger charge is -2.13. The molecular formula is C10H17NO3. The molecule has 0 amide bonds. The largest absolute Gasteiger partial charge is 0.465 e. The summed E-state index contributed by atoms with van der Waals surface area (Å²) in [5.41, 5.74) is 0. The third-order valence-electron chi connectivity index (χ3n) is 2.44. The molecule has 1 fully saturated rings. The number of esters is 1. The molecule has 0 aromatic carbocycles. The molecule has 1 heterocycles. The number of aldehydes is 1. The summed E-state index contributed by atoms with van der Waals surface area (Å²) in [6.45, 7) is 3.21. The van der Waals surface area contributed by atoms with Crippen LogP contribution in [0.4, 0.5) is 0 Å². The maximum Gasteiger partial charge on any atom is 0.323 e. The summed E-state index contributed by atoms with van der Waals surface area (Å²) >= 11 is 0. The van der Waals surface area contributed by atoms with Gasteiger partial charge in [0.25, 0.3) is 0 Å². The minimum absolute atomic E-state index is 0.205. The Bertz CT molecular complexity index is 206. The smallest absolute Gasteiger partial charge is 0.323 e. The highest BCUT2D eigenvalue weighted by molar-refractivity contribution is 5.80. The Morgan fingerprint density at radius 2 is 2.43 bits per heavy atom. The fourth-order valence-electron chi connectivity index (χ4n) is 1.54. The van der Waals surface area contributed by atoms with Crippen molar-refractivity contribution in [3.63, 3.8) is 0 Å². The molecule has 0 spiro atoms. The van der Waals surface area contributed by atoms with E-state index in [-0.39, 0.29) is 11.9 Å². The van der Waals surface area contributed by atoms with Crippen molar-refractivity contribution in [2.75, 3.05) is 13.2 Å². The number of unbranched alkanes of at least 4 members (excludes halogenated alkanes) is 1. The highest BCUT2D eigenvalue weighted by Crippen LogP contribution is 2.14. The van der Waals surface area contributed by atoms with Crippen LogP contribution in [0.3, 0.4) is 0 Å². The fourth-order valence-corrected chi connectivity index (χ4v) is 1.54. The SMILES string of the molecule is CCCCOC(=O)C1NCCC1C=O. The minimum Gasteiger partial charge on any atom is -0.465 e. The van der Waals surface area contributed by atoms with Gasteiger partial charge in [0, 0.05) is 5.92 Å². The first-order chi connectivity index (χ1) is 6.79. The van der Waals surface area contributed by atoms with Crippen molar-refractivity contribution in [2.45, 2.75) is 32.2 Å². The zero-order valence-electron chi connectivity index (χ0n) is 8.49. The van der Waals surface area contributed by atoms with Crippen molar-refractivity contribution in [3.05, 3.63) is 0 Å². The second kappa shape index (κ2) is 5.75. The Labute approximate surface area is 84.0 Å². The number of nitrogens with one attached hydrogen (secondary N) is 1. The first kappa shape index (κ1) is 11.2. The summed E-state index contributed by atoms with van der Waals surface area (Å²) in [5.74, 6) is -0.489. The van der Waals surface area contributed by atoms with Crippen LogP contribution in [0.2, 0.25) is 0 Å². The molecule has 1 N–H and O–H groups in total. The Balaban J connectivity index is 2.32. The summed E-state index contributed by atoms with van der Waals surface area (Å²) in [6.07, 6.45) is 3.45. The summed E-state index contributed by atoms with van der Waals surface area (Å²) in [4.78, 5) is 22.1. The second-order valence-corrected chi connectivity index (χ2v) is 3.54.